The first-order valence-corrected chi connectivity index (χ1v) is 4.50. The van der Waals surface area contributed by atoms with Crippen LogP contribution in [0.25, 0.3) is 0 Å². The van der Waals surface area contributed by atoms with E-state index in [1.807, 2.05) is 0 Å². The van der Waals surface area contributed by atoms with Gasteiger partial charge in [0.2, 0.25) is 5.91 Å². The lowest BCUT2D eigenvalue weighted by atomic mass is 10.1. The predicted octanol–water partition coefficient (Wildman–Crippen LogP) is -0.669. The van der Waals surface area contributed by atoms with E-state index >= 15 is 0 Å². The van der Waals surface area contributed by atoms with Crippen LogP contribution >= 0.6 is 0 Å². The van der Waals surface area contributed by atoms with E-state index in [1.54, 1.807) is 0 Å². The van der Waals surface area contributed by atoms with E-state index in [2.05, 4.69) is 5.32 Å². The van der Waals surface area contributed by atoms with Gasteiger partial charge < -0.3 is 16.8 Å². The summed E-state index contributed by atoms with van der Waals surface area (Å²) in [5.41, 5.74) is 10.9. The Morgan fingerprint density at radius 1 is 1.58 bits per heavy atom. The van der Waals surface area contributed by atoms with Gasteiger partial charge in [0.15, 0.2) is 0 Å². The molecule has 1 aliphatic rings. The van der Waals surface area contributed by atoms with Crippen LogP contribution in [-0.4, -0.2) is 24.5 Å². The average molecular weight is 171 g/mol. The van der Waals surface area contributed by atoms with E-state index in [4.69, 9.17) is 11.5 Å². The molecule has 0 aromatic carbocycles. The fourth-order valence-corrected chi connectivity index (χ4v) is 1.00. The molecule has 1 amide bonds. The second kappa shape index (κ2) is 4.42. The minimum absolute atomic E-state index is 0.0223. The van der Waals surface area contributed by atoms with Crippen molar-refractivity contribution in [1.82, 2.24) is 5.32 Å². The molecule has 0 aromatic rings. The van der Waals surface area contributed by atoms with Crippen molar-refractivity contribution in [2.45, 2.75) is 37.8 Å². The summed E-state index contributed by atoms with van der Waals surface area (Å²) in [6.07, 6.45) is 3.72. The van der Waals surface area contributed by atoms with Gasteiger partial charge >= 0.3 is 0 Å². The number of nitrogens with two attached hydrogens (primary N) is 2. The molecule has 4 nitrogen and oxygen atoms in total. The van der Waals surface area contributed by atoms with Crippen LogP contribution in [0.5, 0.6) is 0 Å². The first-order valence-electron chi connectivity index (χ1n) is 4.50. The molecule has 0 bridgehead atoms. The van der Waals surface area contributed by atoms with Gasteiger partial charge in [-0.05, 0) is 32.2 Å². The molecule has 0 aromatic heterocycles. The summed E-state index contributed by atoms with van der Waals surface area (Å²) in [5, 5.41) is 2.86. The summed E-state index contributed by atoms with van der Waals surface area (Å²) in [6.45, 7) is 0.602. The molecule has 0 saturated heterocycles. The van der Waals surface area contributed by atoms with Gasteiger partial charge in [-0.1, -0.05) is 0 Å². The van der Waals surface area contributed by atoms with Crippen LogP contribution in [0, 0.1) is 0 Å². The van der Waals surface area contributed by atoms with E-state index in [1.165, 1.54) is 0 Å². The molecule has 0 radical (unpaired) electrons. The van der Waals surface area contributed by atoms with Crippen LogP contribution in [0.1, 0.15) is 25.7 Å². The number of rotatable bonds is 5. The lowest BCUT2D eigenvalue weighted by molar-refractivity contribution is -0.122. The standard InChI is InChI=1S/C8H17N3O/c9-5-1-2-7(10)8(12)11-6-3-4-6/h6-7H,1-5,9-10H2,(H,11,12)/t7-/m0/s1. The van der Waals surface area contributed by atoms with Gasteiger partial charge in [-0.3, -0.25) is 4.79 Å². The topological polar surface area (TPSA) is 81.1 Å². The summed E-state index contributed by atoms with van der Waals surface area (Å²) in [6, 6.07) is 0.0376. The Morgan fingerprint density at radius 3 is 2.75 bits per heavy atom. The first-order chi connectivity index (χ1) is 5.74. The molecule has 5 N–H and O–H groups in total. The zero-order valence-corrected chi connectivity index (χ0v) is 7.25. The minimum Gasteiger partial charge on any atom is -0.352 e. The average Bonchev–Trinajstić information content (AvgIpc) is 2.83. The predicted molar refractivity (Wildman–Crippen MR) is 47.4 cm³/mol. The van der Waals surface area contributed by atoms with E-state index in [-0.39, 0.29) is 11.9 Å². The van der Waals surface area contributed by atoms with Crippen molar-refractivity contribution in [2.75, 3.05) is 6.54 Å². The maximum Gasteiger partial charge on any atom is 0.237 e. The monoisotopic (exact) mass is 171 g/mol. The van der Waals surface area contributed by atoms with Crippen molar-refractivity contribution in [3.8, 4) is 0 Å². The number of hydrogen-bond donors (Lipinski definition) is 3. The SMILES string of the molecule is NCCC[C@H](N)C(=O)NC1CC1. The second-order valence-electron chi connectivity index (χ2n) is 3.32. The number of nitrogens with one attached hydrogen (secondary N) is 1. The number of amides is 1. The number of carbonyl (C=O) groups is 1. The Hall–Kier alpha value is -0.610. The summed E-state index contributed by atoms with van der Waals surface area (Å²) in [5.74, 6) is -0.0223. The van der Waals surface area contributed by atoms with Crippen LogP contribution < -0.4 is 16.8 Å². The van der Waals surface area contributed by atoms with E-state index in [0.717, 1.165) is 19.3 Å². The van der Waals surface area contributed by atoms with Crippen LogP contribution in [0.2, 0.25) is 0 Å². The summed E-state index contributed by atoms with van der Waals surface area (Å²) < 4.78 is 0. The zero-order valence-electron chi connectivity index (χ0n) is 7.25. The molecule has 1 rings (SSSR count). The van der Waals surface area contributed by atoms with Crippen molar-refractivity contribution in [1.29, 1.82) is 0 Å². The molecular formula is C8H17N3O. The summed E-state index contributed by atoms with van der Waals surface area (Å²) in [7, 11) is 0. The van der Waals surface area contributed by atoms with E-state index < -0.39 is 0 Å². The molecule has 1 atom stereocenters. The smallest absolute Gasteiger partial charge is 0.237 e. The molecule has 0 unspecified atom stereocenters. The van der Waals surface area contributed by atoms with E-state index in [9.17, 15) is 4.79 Å². The Balaban J connectivity index is 2.11. The third-order valence-electron chi connectivity index (χ3n) is 1.98. The number of hydrogen-bond acceptors (Lipinski definition) is 3. The summed E-state index contributed by atoms with van der Waals surface area (Å²) >= 11 is 0. The molecule has 70 valence electrons. The molecule has 0 aliphatic heterocycles. The Morgan fingerprint density at radius 2 is 2.25 bits per heavy atom. The molecule has 1 saturated carbocycles. The fraction of sp³-hybridized carbons (Fsp3) is 0.875. The normalized spacial score (nSPS) is 18.8. The highest BCUT2D eigenvalue weighted by Gasteiger charge is 2.25. The molecule has 12 heavy (non-hydrogen) atoms. The maximum absolute atomic E-state index is 11.2. The van der Waals surface area contributed by atoms with Crippen LogP contribution in [0.4, 0.5) is 0 Å². The molecule has 1 fully saturated rings. The lowest BCUT2D eigenvalue weighted by Gasteiger charge is -2.10. The van der Waals surface area contributed by atoms with Crippen LogP contribution in [0.15, 0.2) is 0 Å². The van der Waals surface area contributed by atoms with Gasteiger partial charge in [-0.25, -0.2) is 0 Å². The first kappa shape index (κ1) is 9.48. The second-order valence-corrected chi connectivity index (χ2v) is 3.32. The quantitative estimate of drug-likeness (QED) is 0.513. The van der Waals surface area contributed by atoms with Crippen molar-refractivity contribution < 1.29 is 4.79 Å². The van der Waals surface area contributed by atoms with Crippen LogP contribution in [0.3, 0.4) is 0 Å². The highest BCUT2D eigenvalue weighted by atomic mass is 16.2. The maximum atomic E-state index is 11.2. The van der Waals surface area contributed by atoms with E-state index in [0.29, 0.717) is 19.0 Å². The Bertz CT molecular complexity index is 156. The van der Waals surface area contributed by atoms with Gasteiger partial charge in [0, 0.05) is 6.04 Å². The number of carbonyl (C=O) groups excluding carboxylic acids is 1. The van der Waals surface area contributed by atoms with Crippen molar-refractivity contribution in [2.24, 2.45) is 11.5 Å². The molecular weight excluding hydrogens is 154 g/mol. The van der Waals surface area contributed by atoms with Gasteiger partial charge in [-0.15, -0.1) is 0 Å². The molecule has 0 spiro atoms. The summed E-state index contributed by atoms with van der Waals surface area (Å²) in [4.78, 5) is 11.2. The highest BCUT2D eigenvalue weighted by molar-refractivity contribution is 5.81. The van der Waals surface area contributed by atoms with Gasteiger partial charge in [-0.2, -0.15) is 0 Å². The van der Waals surface area contributed by atoms with Crippen LogP contribution in [-0.2, 0) is 4.79 Å². The third kappa shape index (κ3) is 3.19. The Kier molecular flexibility index (Phi) is 3.49. The van der Waals surface area contributed by atoms with Crippen molar-refractivity contribution >= 4 is 5.91 Å². The Labute approximate surface area is 72.7 Å². The largest absolute Gasteiger partial charge is 0.352 e. The zero-order chi connectivity index (χ0) is 8.97. The third-order valence-corrected chi connectivity index (χ3v) is 1.98. The molecule has 0 heterocycles. The fourth-order valence-electron chi connectivity index (χ4n) is 1.00. The lowest BCUT2D eigenvalue weighted by Crippen LogP contribution is -2.41. The molecule has 4 heteroatoms. The van der Waals surface area contributed by atoms with Gasteiger partial charge in [0.05, 0.1) is 6.04 Å². The van der Waals surface area contributed by atoms with Gasteiger partial charge in [0.25, 0.3) is 0 Å². The van der Waals surface area contributed by atoms with Gasteiger partial charge in [0.1, 0.15) is 0 Å². The highest BCUT2D eigenvalue weighted by Crippen LogP contribution is 2.18. The van der Waals surface area contributed by atoms with Crippen molar-refractivity contribution in [3.63, 3.8) is 0 Å². The molecule has 1 aliphatic carbocycles. The minimum atomic E-state index is -0.367. The van der Waals surface area contributed by atoms with Crippen molar-refractivity contribution in [3.05, 3.63) is 0 Å².